The summed E-state index contributed by atoms with van der Waals surface area (Å²) in [5.74, 6) is 0.0280. The molecule has 2 N–H and O–H groups in total. The van der Waals surface area contributed by atoms with Gasteiger partial charge in [0.1, 0.15) is 0 Å². The molecule has 0 heterocycles. The largest absolute Gasteiger partial charge is 0.402 e. The van der Waals surface area contributed by atoms with E-state index in [1.807, 2.05) is 66.7 Å². The van der Waals surface area contributed by atoms with Gasteiger partial charge in [-0.3, -0.25) is 9.69 Å². The molecule has 0 aliphatic rings. The normalized spacial score (nSPS) is 11.5. The Bertz CT molecular complexity index is 848. The number of nitrogens with two attached hydrogens (primary N) is 1. The second-order valence-electron chi connectivity index (χ2n) is 6.96. The number of ketones is 1. The van der Waals surface area contributed by atoms with Crippen LogP contribution in [-0.2, 0) is 24.3 Å². The molecule has 0 bridgehead atoms. The summed E-state index contributed by atoms with van der Waals surface area (Å²) in [6.45, 7) is 1.76. The average molecular weight is 370 g/mol. The van der Waals surface area contributed by atoms with Crippen molar-refractivity contribution in [1.82, 2.24) is 4.90 Å². The molecule has 0 saturated carbocycles. The topological polar surface area (TPSA) is 46.3 Å². The van der Waals surface area contributed by atoms with Crippen LogP contribution in [0.2, 0.25) is 0 Å². The zero-order chi connectivity index (χ0) is 19.6. The first-order chi connectivity index (χ1) is 13.7. The lowest BCUT2D eigenvalue weighted by Gasteiger charge is -2.21. The smallest absolute Gasteiger partial charge is 0.171 e. The fourth-order valence-corrected chi connectivity index (χ4v) is 3.21. The SMILES string of the molecule is NC(=CC(=O)CN(Cc1ccccc1)Cc1ccccc1)Cc1ccccc1. The average Bonchev–Trinajstić information content (AvgIpc) is 2.70. The van der Waals surface area contributed by atoms with E-state index in [1.54, 1.807) is 6.08 Å². The van der Waals surface area contributed by atoms with Crippen molar-refractivity contribution >= 4 is 5.78 Å². The van der Waals surface area contributed by atoms with Gasteiger partial charge in [-0.2, -0.15) is 0 Å². The van der Waals surface area contributed by atoms with Crippen molar-refractivity contribution in [3.05, 3.63) is 119 Å². The molecule has 28 heavy (non-hydrogen) atoms. The minimum absolute atomic E-state index is 0.0280. The Balaban J connectivity index is 1.67. The monoisotopic (exact) mass is 370 g/mol. The molecule has 0 fully saturated rings. The van der Waals surface area contributed by atoms with Gasteiger partial charge in [0.2, 0.25) is 0 Å². The van der Waals surface area contributed by atoms with Gasteiger partial charge in [0, 0.05) is 31.3 Å². The van der Waals surface area contributed by atoms with Gasteiger partial charge >= 0.3 is 0 Å². The maximum atomic E-state index is 12.6. The fraction of sp³-hybridized carbons (Fsp3) is 0.160. The minimum atomic E-state index is 0.0280. The van der Waals surface area contributed by atoms with Crippen LogP contribution < -0.4 is 5.73 Å². The van der Waals surface area contributed by atoms with E-state index in [0.717, 1.165) is 5.56 Å². The van der Waals surface area contributed by atoms with Gasteiger partial charge in [-0.1, -0.05) is 91.0 Å². The lowest BCUT2D eigenvalue weighted by Crippen LogP contribution is -2.29. The summed E-state index contributed by atoms with van der Waals surface area (Å²) < 4.78 is 0. The number of carbonyl (C=O) groups is 1. The van der Waals surface area contributed by atoms with Crippen LogP contribution in [0, 0.1) is 0 Å². The molecule has 3 aromatic rings. The van der Waals surface area contributed by atoms with E-state index in [0.29, 0.717) is 31.8 Å². The number of allylic oxidation sites excluding steroid dienone is 1. The number of hydrogen-bond donors (Lipinski definition) is 1. The molecule has 3 nitrogen and oxygen atoms in total. The molecule has 0 radical (unpaired) electrons. The number of hydrogen-bond acceptors (Lipinski definition) is 3. The third-order valence-electron chi connectivity index (χ3n) is 4.47. The standard InChI is InChI=1S/C25H26N2O/c26-24(16-21-10-4-1-5-11-21)17-25(28)20-27(18-22-12-6-2-7-13-22)19-23-14-8-3-9-15-23/h1-15,17H,16,18-20,26H2. The van der Waals surface area contributed by atoms with Crippen molar-refractivity contribution < 1.29 is 4.79 Å². The van der Waals surface area contributed by atoms with Crippen molar-refractivity contribution in [3.8, 4) is 0 Å². The van der Waals surface area contributed by atoms with Crippen molar-refractivity contribution in [2.75, 3.05) is 6.54 Å². The molecule has 0 spiro atoms. The zero-order valence-corrected chi connectivity index (χ0v) is 16.0. The Hall–Kier alpha value is -3.17. The fourth-order valence-electron chi connectivity index (χ4n) is 3.21. The Morgan fingerprint density at radius 3 is 1.61 bits per heavy atom. The van der Waals surface area contributed by atoms with Gasteiger partial charge in [-0.15, -0.1) is 0 Å². The second kappa shape index (κ2) is 10.2. The van der Waals surface area contributed by atoms with Crippen LogP contribution in [0.5, 0.6) is 0 Å². The number of carbonyl (C=O) groups excluding carboxylic acids is 1. The van der Waals surface area contributed by atoms with E-state index in [2.05, 4.69) is 29.2 Å². The first-order valence-electron chi connectivity index (χ1n) is 9.52. The van der Waals surface area contributed by atoms with Crippen molar-refractivity contribution in [2.45, 2.75) is 19.5 Å². The summed E-state index contributed by atoms with van der Waals surface area (Å²) in [6, 6.07) is 30.4. The highest BCUT2D eigenvalue weighted by Crippen LogP contribution is 2.11. The van der Waals surface area contributed by atoms with Crippen LogP contribution in [0.4, 0.5) is 0 Å². The lowest BCUT2D eigenvalue weighted by atomic mass is 10.1. The van der Waals surface area contributed by atoms with Gasteiger partial charge in [0.25, 0.3) is 0 Å². The van der Waals surface area contributed by atoms with Crippen LogP contribution in [0.3, 0.4) is 0 Å². The summed E-state index contributed by atoms with van der Waals surface area (Å²) in [6.07, 6.45) is 2.17. The molecule has 142 valence electrons. The van der Waals surface area contributed by atoms with Crippen LogP contribution in [0.15, 0.2) is 103 Å². The highest BCUT2D eigenvalue weighted by Gasteiger charge is 2.11. The summed E-state index contributed by atoms with van der Waals surface area (Å²) in [7, 11) is 0. The molecule has 0 amide bonds. The Morgan fingerprint density at radius 1 is 0.714 bits per heavy atom. The van der Waals surface area contributed by atoms with E-state index in [9.17, 15) is 4.79 Å². The van der Waals surface area contributed by atoms with E-state index < -0.39 is 0 Å². The Labute approximate surface area is 167 Å². The number of benzene rings is 3. The summed E-state index contributed by atoms with van der Waals surface area (Å²) in [5, 5.41) is 0. The molecule has 0 unspecified atom stereocenters. The van der Waals surface area contributed by atoms with Gasteiger partial charge < -0.3 is 5.73 Å². The maximum absolute atomic E-state index is 12.6. The van der Waals surface area contributed by atoms with Crippen LogP contribution >= 0.6 is 0 Å². The third-order valence-corrected chi connectivity index (χ3v) is 4.47. The van der Waals surface area contributed by atoms with Gasteiger partial charge in [-0.05, 0) is 16.7 Å². The van der Waals surface area contributed by atoms with Gasteiger partial charge in [-0.25, -0.2) is 0 Å². The van der Waals surface area contributed by atoms with Crippen molar-refractivity contribution in [3.63, 3.8) is 0 Å². The molecule has 3 heteroatoms. The quantitative estimate of drug-likeness (QED) is 0.570. The van der Waals surface area contributed by atoms with Crippen LogP contribution in [0.25, 0.3) is 0 Å². The molecule has 0 aromatic heterocycles. The third kappa shape index (κ3) is 6.53. The highest BCUT2D eigenvalue weighted by molar-refractivity contribution is 5.92. The summed E-state index contributed by atoms with van der Waals surface area (Å²) in [5.41, 5.74) is 10.2. The van der Waals surface area contributed by atoms with Gasteiger partial charge in [0.05, 0.1) is 6.54 Å². The van der Waals surface area contributed by atoms with Crippen LogP contribution in [-0.4, -0.2) is 17.2 Å². The molecule has 0 saturated heterocycles. The van der Waals surface area contributed by atoms with Crippen molar-refractivity contribution in [2.24, 2.45) is 5.73 Å². The van der Waals surface area contributed by atoms with Crippen LogP contribution in [0.1, 0.15) is 16.7 Å². The first-order valence-corrected chi connectivity index (χ1v) is 9.52. The van der Waals surface area contributed by atoms with E-state index in [1.165, 1.54) is 11.1 Å². The molecule has 3 aromatic carbocycles. The van der Waals surface area contributed by atoms with E-state index in [-0.39, 0.29) is 5.78 Å². The Morgan fingerprint density at radius 2 is 1.14 bits per heavy atom. The predicted molar refractivity (Wildman–Crippen MR) is 114 cm³/mol. The first kappa shape index (κ1) is 19.6. The molecule has 3 rings (SSSR count). The number of nitrogens with zero attached hydrogens (tertiary/aromatic N) is 1. The summed E-state index contributed by atoms with van der Waals surface area (Å²) >= 11 is 0. The molecule has 0 aliphatic carbocycles. The predicted octanol–water partition coefficient (Wildman–Crippen LogP) is 4.34. The van der Waals surface area contributed by atoms with E-state index >= 15 is 0 Å². The lowest BCUT2D eigenvalue weighted by molar-refractivity contribution is -0.116. The minimum Gasteiger partial charge on any atom is -0.402 e. The second-order valence-corrected chi connectivity index (χ2v) is 6.96. The maximum Gasteiger partial charge on any atom is 0.171 e. The molecule has 0 aliphatic heterocycles. The Kier molecular flexibility index (Phi) is 7.16. The van der Waals surface area contributed by atoms with Crippen molar-refractivity contribution in [1.29, 1.82) is 0 Å². The van der Waals surface area contributed by atoms with Gasteiger partial charge in [0.15, 0.2) is 5.78 Å². The zero-order valence-electron chi connectivity index (χ0n) is 16.0. The highest BCUT2D eigenvalue weighted by atomic mass is 16.1. The molecular weight excluding hydrogens is 344 g/mol. The number of rotatable bonds is 9. The van der Waals surface area contributed by atoms with E-state index in [4.69, 9.17) is 5.73 Å². The molecular formula is C25H26N2O. The molecule has 0 atom stereocenters. The summed E-state index contributed by atoms with van der Waals surface area (Å²) in [4.78, 5) is 14.8.